The van der Waals surface area contributed by atoms with Crippen LogP contribution in [0.5, 0.6) is 0 Å². The van der Waals surface area contributed by atoms with Crippen LogP contribution in [0.1, 0.15) is 29.8 Å². The van der Waals surface area contributed by atoms with Crippen molar-refractivity contribution in [3.05, 3.63) is 35.1 Å². The van der Waals surface area contributed by atoms with Crippen LogP contribution in [0.25, 0.3) is 0 Å². The second-order valence-corrected chi connectivity index (χ2v) is 5.17. The summed E-state index contributed by atoms with van der Waals surface area (Å²) in [6, 6.07) is 4.34. The molecule has 0 aliphatic carbocycles. The summed E-state index contributed by atoms with van der Waals surface area (Å²) in [5.41, 5.74) is 5.84. The molecule has 4 nitrogen and oxygen atoms in total. The molecule has 1 amide bonds. The third-order valence-electron chi connectivity index (χ3n) is 3.25. The topological polar surface area (TPSA) is 55.6 Å². The van der Waals surface area contributed by atoms with E-state index in [4.69, 9.17) is 10.5 Å². The number of rotatable bonds is 1. The highest BCUT2D eigenvalue weighted by atomic mass is 19.1. The van der Waals surface area contributed by atoms with Crippen LogP contribution >= 0.6 is 0 Å². The molecule has 1 fully saturated rings. The van der Waals surface area contributed by atoms with Crippen molar-refractivity contribution in [2.45, 2.75) is 26.1 Å². The first kappa shape index (κ1) is 15.5. The molecule has 0 radical (unpaired) electrons. The second-order valence-electron chi connectivity index (χ2n) is 5.17. The van der Waals surface area contributed by atoms with Crippen LogP contribution in [-0.4, -0.2) is 42.6 Å². The Labute approximate surface area is 124 Å². The molecule has 2 N–H and O–H groups in total. The average Bonchev–Trinajstić information content (AvgIpc) is 2.44. The minimum Gasteiger partial charge on any atom is -0.372 e. The normalized spacial score (nSPS) is 21.6. The van der Waals surface area contributed by atoms with Crippen LogP contribution in [0.2, 0.25) is 0 Å². The Bertz CT molecular complexity index is 582. The van der Waals surface area contributed by atoms with E-state index in [1.54, 1.807) is 11.0 Å². The fraction of sp³-hybridized carbons (Fsp3) is 0.438. The van der Waals surface area contributed by atoms with Gasteiger partial charge in [-0.15, -0.1) is 0 Å². The van der Waals surface area contributed by atoms with Gasteiger partial charge < -0.3 is 15.4 Å². The van der Waals surface area contributed by atoms with Crippen molar-refractivity contribution in [2.75, 3.05) is 19.6 Å². The predicted molar refractivity (Wildman–Crippen MR) is 78.2 cm³/mol. The predicted octanol–water partition coefficient (Wildman–Crippen LogP) is 1.39. The maximum Gasteiger partial charge on any atom is 0.254 e. The molecule has 2 rings (SSSR count). The summed E-state index contributed by atoms with van der Waals surface area (Å²) in [5, 5.41) is 0. The molecule has 1 aliphatic rings. The van der Waals surface area contributed by atoms with Crippen LogP contribution < -0.4 is 5.73 Å². The van der Waals surface area contributed by atoms with Gasteiger partial charge in [0.2, 0.25) is 0 Å². The molecule has 0 bridgehead atoms. The number of carbonyl (C=O) groups is 1. The number of carbonyl (C=O) groups excluding carboxylic acids is 1. The van der Waals surface area contributed by atoms with Gasteiger partial charge in [0.25, 0.3) is 5.91 Å². The Morgan fingerprint density at radius 2 is 2.10 bits per heavy atom. The zero-order chi connectivity index (χ0) is 15.4. The Morgan fingerprint density at radius 3 is 2.67 bits per heavy atom. The van der Waals surface area contributed by atoms with Crippen LogP contribution in [0.3, 0.4) is 0 Å². The van der Waals surface area contributed by atoms with Gasteiger partial charge in [-0.25, -0.2) is 4.39 Å². The zero-order valence-corrected chi connectivity index (χ0v) is 12.2. The number of morpholine rings is 1. The lowest BCUT2D eigenvalue weighted by molar-refractivity contribution is -0.0586. The van der Waals surface area contributed by atoms with E-state index in [0.717, 1.165) is 0 Å². The van der Waals surface area contributed by atoms with Gasteiger partial charge in [0.15, 0.2) is 0 Å². The number of ether oxygens (including phenoxy) is 1. The van der Waals surface area contributed by atoms with E-state index in [2.05, 4.69) is 11.8 Å². The fourth-order valence-corrected chi connectivity index (χ4v) is 2.42. The van der Waals surface area contributed by atoms with Crippen LogP contribution in [-0.2, 0) is 4.74 Å². The molecule has 1 aromatic rings. The molecule has 1 aliphatic heterocycles. The Morgan fingerprint density at radius 1 is 1.43 bits per heavy atom. The Hall–Kier alpha value is -1.90. The standard InChI is InChI=1S/C16H19FN2O2/c1-11-9-19(10-12(2)21-11)16(20)14-6-5-13(4-3-7-18)15(17)8-14/h5-6,8,11-12H,7,9-10,18H2,1-2H3. The molecular weight excluding hydrogens is 271 g/mol. The SMILES string of the molecule is CC1CN(C(=O)c2ccc(C#CCN)c(F)c2)CC(C)O1. The van der Waals surface area contributed by atoms with Crippen molar-refractivity contribution in [1.82, 2.24) is 4.90 Å². The molecule has 2 unspecified atom stereocenters. The summed E-state index contributed by atoms with van der Waals surface area (Å²) in [4.78, 5) is 14.1. The third kappa shape index (κ3) is 3.81. The summed E-state index contributed by atoms with van der Waals surface area (Å²) >= 11 is 0. The summed E-state index contributed by atoms with van der Waals surface area (Å²) in [5.74, 6) is 4.54. The van der Waals surface area contributed by atoms with Crippen LogP contribution in [0.4, 0.5) is 4.39 Å². The number of benzene rings is 1. The Kier molecular flexibility index (Phi) is 4.94. The zero-order valence-electron chi connectivity index (χ0n) is 12.2. The Balaban J connectivity index is 2.18. The average molecular weight is 290 g/mol. The van der Waals surface area contributed by atoms with E-state index in [-0.39, 0.29) is 30.2 Å². The van der Waals surface area contributed by atoms with Crippen molar-refractivity contribution < 1.29 is 13.9 Å². The molecule has 21 heavy (non-hydrogen) atoms. The molecule has 1 saturated heterocycles. The van der Waals surface area contributed by atoms with Crippen LogP contribution in [0.15, 0.2) is 18.2 Å². The van der Waals surface area contributed by atoms with Gasteiger partial charge >= 0.3 is 0 Å². The summed E-state index contributed by atoms with van der Waals surface area (Å²) in [6.45, 7) is 5.03. The van der Waals surface area contributed by atoms with Crippen molar-refractivity contribution in [3.8, 4) is 11.8 Å². The van der Waals surface area contributed by atoms with Gasteiger partial charge in [-0.05, 0) is 32.0 Å². The smallest absolute Gasteiger partial charge is 0.254 e. The molecule has 1 heterocycles. The van der Waals surface area contributed by atoms with Gasteiger partial charge in [-0.2, -0.15) is 0 Å². The lowest BCUT2D eigenvalue weighted by Crippen LogP contribution is -2.48. The fourth-order valence-electron chi connectivity index (χ4n) is 2.42. The van der Waals surface area contributed by atoms with E-state index < -0.39 is 5.82 Å². The number of nitrogens with zero attached hydrogens (tertiary/aromatic N) is 1. The molecule has 2 atom stereocenters. The van der Waals surface area contributed by atoms with E-state index in [9.17, 15) is 9.18 Å². The van der Waals surface area contributed by atoms with Crippen molar-refractivity contribution >= 4 is 5.91 Å². The number of hydrogen-bond acceptors (Lipinski definition) is 3. The molecule has 0 aromatic heterocycles. The summed E-state index contributed by atoms with van der Waals surface area (Å²) in [6.07, 6.45) is -0.0329. The number of halogens is 1. The van der Waals surface area contributed by atoms with Crippen molar-refractivity contribution in [1.29, 1.82) is 0 Å². The first-order valence-corrected chi connectivity index (χ1v) is 6.94. The first-order chi connectivity index (χ1) is 10.0. The largest absolute Gasteiger partial charge is 0.372 e. The highest BCUT2D eigenvalue weighted by Gasteiger charge is 2.26. The highest BCUT2D eigenvalue weighted by molar-refractivity contribution is 5.94. The van der Waals surface area contributed by atoms with E-state index in [1.165, 1.54) is 12.1 Å². The van der Waals surface area contributed by atoms with Crippen molar-refractivity contribution in [3.63, 3.8) is 0 Å². The highest BCUT2D eigenvalue weighted by Crippen LogP contribution is 2.16. The lowest BCUT2D eigenvalue weighted by Gasteiger charge is -2.35. The maximum atomic E-state index is 13.9. The van der Waals surface area contributed by atoms with Gasteiger partial charge in [-0.1, -0.05) is 11.8 Å². The minimum absolute atomic E-state index is 0.0164. The monoisotopic (exact) mass is 290 g/mol. The van der Waals surface area contributed by atoms with Crippen molar-refractivity contribution in [2.24, 2.45) is 5.73 Å². The maximum absolute atomic E-state index is 13.9. The van der Waals surface area contributed by atoms with Gasteiger partial charge in [-0.3, -0.25) is 4.79 Å². The minimum atomic E-state index is -0.504. The molecule has 112 valence electrons. The third-order valence-corrected chi connectivity index (χ3v) is 3.25. The van der Waals surface area contributed by atoms with Gasteiger partial charge in [0.1, 0.15) is 5.82 Å². The molecule has 0 saturated carbocycles. The van der Waals surface area contributed by atoms with Gasteiger partial charge in [0.05, 0.1) is 24.3 Å². The molecule has 5 heteroatoms. The second kappa shape index (κ2) is 6.70. The van der Waals surface area contributed by atoms with E-state index in [0.29, 0.717) is 18.7 Å². The number of hydrogen-bond donors (Lipinski definition) is 1. The quantitative estimate of drug-likeness (QED) is 0.795. The van der Waals surface area contributed by atoms with Gasteiger partial charge in [0, 0.05) is 18.7 Å². The number of nitrogens with two attached hydrogens (primary N) is 1. The number of amides is 1. The lowest BCUT2D eigenvalue weighted by atomic mass is 10.1. The van der Waals surface area contributed by atoms with E-state index in [1.807, 2.05) is 13.8 Å². The first-order valence-electron chi connectivity index (χ1n) is 6.94. The summed E-state index contributed by atoms with van der Waals surface area (Å²) in [7, 11) is 0. The molecule has 1 aromatic carbocycles. The molecular formula is C16H19FN2O2. The molecule has 0 spiro atoms. The van der Waals surface area contributed by atoms with E-state index >= 15 is 0 Å². The van der Waals surface area contributed by atoms with Crippen LogP contribution in [0, 0.1) is 17.7 Å². The summed E-state index contributed by atoms with van der Waals surface area (Å²) < 4.78 is 19.5.